The number of thiocarbonyl (C=S) groups is 1. The summed E-state index contributed by atoms with van der Waals surface area (Å²) in [6, 6.07) is 6.96. The van der Waals surface area contributed by atoms with E-state index in [0.717, 1.165) is 6.08 Å². The van der Waals surface area contributed by atoms with Crippen LogP contribution in [-0.2, 0) is 11.8 Å². The summed E-state index contributed by atoms with van der Waals surface area (Å²) >= 11 is 4.86. The molecule has 0 spiro atoms. The molecule has 112 valence electrons. The van der Waals surface area contributed by atoms with Crippen molar-refractivity contribution in [1.29, 1.82) is 0 Å². The number of fused-ring (bicyclic) bond motifs is 1. The zero-order valence-corrected chi connectivity index (χ0v) is 12.3. The predicted molar refractivity (Wildman–Crippen MR) is 85.8 cm³/mol. The number of nitrogens with one attached hydrogen (secondary N) is 3. The van der Waals surface area contributed by atoms with E-state index in [1.165, 1.54) is 4.57 Å². The molecule has 3 rings (SSSR count). The molecule has 1 aromatic heterocycles. The minimum atomic E-state index is -0.493. The lowest BCUT2D eigenvalue weighted by molar-refractivity contribution is -0.115. The van der Waals surface area contributed by atoms with Gasteiger partial charge in [0.15, 0.2) is 5.11 Å². The van der Waals surface area contributed by atoms with Crippen LogP contribution in [0.2, 0.25) is 0 Å². The van der Waals surface area contributed by atoms with E-state index in [2.05, 4.69) is 16.2 Å². The number of nitrogens with zero attached hydrogens (tertiary/aromatic N) is 1. The second kappa shape index (κ2) is 5.15. The number of benzene rings is 1. The lowest BCUT2D eigenvalue weighted by Gasteiger charge is -2.14. The number of para-hydroxylation sites is 1. The van der Waals surface area contributed by atoms with Crippen molar-refractivity contribution in [2.45, 2.75) is 0 Å². The number of hydrogen-bond donors (Lipinski definition) is 4. The van der Waals surface area contributed by atoms with Crippen LogP contribution in [0, 0.1) is 0 Å². The van der Waals surface area contributed by atoms with E-state index in [0.29, 0.717) is 10.9 Å². The summed E-state index contributed by atoms with van der Waals surface area (Å²) in [5, 5.41) is 13.4. The molecule has 0 saturated carbocycles. The molecule has 0 fully saturated rings. The molecule has 2 heterocycles. The number of amides is 1. The third-order valence-electron chi connectivity index (χ3n) is 3.37. The first-order chi connectivity index (χ1) is 10.5. The van der Waals surface area contributed by atoms with Crippen LogP contribution in [0.15, 0.2) is 35.1 Å². The van der Waals surface area contributed by atoms with Crippen molar-refractivity contribution in [3.63, 3.8) is 0 Å². The fraction of sp³-hybridized carbons (Fsp3) is 0.0714. The highest BCUT2D eigenvalue weighted by Crippen LogP contribution is 2.29. The first-order valence-electron chi connectivity index (χ1n) is 6.39. The number of hydrogen-bond acceptors (Lipinski definition) is 5. The Balaban J connectivity index is 2.30. The zero-order chi connectivity index (χ0) is 15.9. The SMILES string of the molecule is Cn1c(=O)c(C2=CC(=O)NC(=S)NN2)c(O)c2ccccc21. The van der Waals surface area contributed by atoms with Crippen LogP contribution in [0.5, 0.6) is 5.75 Å². The summed E-state index contributed by atoms with van der Waals surface area (Å²) in [4.78, 5) is 24.2. The monoisotopic (exact) mass is 316 g/mol. The molecular formula is C14H12N4O3S. The number of rotatable bonds is 1. The van der Waals surface area contributed by atoms with Gasteiger partial charge in [-0.15, -0.1) is 0 Å². The fourth-order valence-corrected chi connectivity index (χ4v) is 2.48. The lowest BCUT2D eigenvalue weighted by atomic mass is 10.1. The highest BCUT2D eigenvalue weighted by Gasteiger charge is 2.21. The van der Waals surface area contributed by atoms with Crippen LogP contribution < -0.4 is 21.7 Å². The Morgan fingerprint density at radius 1 is 1.18 bits per heavy atom. The normalized spacial score (nSPS) is 14.7. The molecule has 22 heavy (non-hydrogen) atoms. The highest BCUT2D eigenvalue weighted by atomic mass is 32.1. The van der Waals surface area contributed by atoms with Crippen molar-refractivity contribution >= 4 is 39.8 Å². The van der Waals surface area contributed by atoms with Crippen molar-refractivity contribution < 1.29 is 9.90 Å². The second-order valence-corrected chi connectivity index (χ2v) is 5.14. The van der Waals surface area contributed by atoms with Crippen LogP contribution in [0.1, 0.15) is 5.56 Å². The van der Waals surface area contributed by atoms with Gasteiger partial charge in [-0.25, -0.2) is 0 Å². The molecule has 1 aliphatic heterocycles. The fourth-order valence-electron chi connectivity index (χ4n) is 2.33. The van der Waals surface area contributed by atoms with Crippen LogP contribution in [0.4, 0.5) is 0 Å². The average molecular weight is 316 g/mol. The zero-order valence-electron chi connectivity index (χ0n) is 11.5. The molecule has 2 aromatic rings. The molecular weight excluding hydrogens is 304 g/mol. The van der Waals surface area contributed by atoms with E-state index in [9.17, 15) is 14.7 Å². The summed E-state index contributed by atoms with van der Waals surface area (Å²) in [7, 11) is 1.60. The number of hydrazine groups is 1. The van der Waals surface area contributed by atoms with Crippen LogP contribution in [0.25, 0.3) is 16.6 Å². The van der Waals surface area contributed by atoms with Crippen molar-refractivity contribution in [3.05, 3.63) is 46.3 Å². The molecule has 0 aliphatic carbocycles. The van der Waals surface area contributed by atoms with Crippen LogP contribution in [-0.4, -0.2) is 20.7 Å². The molecule has 0 unspecified atom stereocenters. The standard InChI is InChI=1S/C14H12N4O3S/c1-18-9-5-3-2-4-7(9)12(20)11(13(18)21)8-6-10(19)15-14(22)17-16-8/h2-6,16,20H,1H3,(H2,15,17,19,22). The Kier molecular flexibility index (Phi) is 3.30. The molecule has 7 nitrogen and oxygen atoms in total. The largest absolute Gasteiger partial charge is 0.506 e. The van der Waals surface area contributed by atoms with Crippen LogP contribution >= 0.6 is 12.2 Å². The molecule has 0 saturated heterocycles. The van der Waals surface area contributed by atoms with Gasteiger partial charge in [0.2, 0.25) is 0 Å². The van der Waals surface area contributed by atoms with Gasteiger partial charge in [-0.05, 0) is 24.4 Å². The van der Waals surface area contributed by atoms with Gasteiger partial charge in [-0.3, -0.25) is 25.8 Å². The molecule has 8 heteroatoms. The average Bonchev–Trinajstić information content (AvgIpc) is 2.66. The molecule has 0 radical (unpaired) electrons. The topological polar surface area (TPSA) is 95.4 Å². The van der Waals surface area contributed by atoms with E-state index in [4.69, 9.17) is 12.2 Å². The predicted octanol–water partition coefficient (Wildman–Crippen LogP) is 0.0939. The van der Waals surface area contributed by atoms with Crippen molar-refractivity contribution in [2.24, 2.45) is 7.05 Å². The smallest absolute Gasteiger partial charge is 0.264 e. The van der Waals surface area contributed by atoms with E-state index >= 15 is 0 Å². The first kappa shape index (κ1) is 14.1. The summed E-state index contributed by atoms with van der Waals surface area (Å²) in [6.45, 7) is 0. The number of carbonyl (C=O) groups is 1. The Morgan fingerprint density at radius 2 is 1.91 bits per heavy atom. The van der Waals surface area contributed by atoms with E-state index in [1.807, 2.05) is 0 Å². The minimum absolute atomic E-state index is 0.00597. The van der Waals surface area contributed by atoms with Crippen molar-refractivity contribution in [1.82, 2.24) is 20.7 Å². The first-order valence-corrected chi connectivity index (χ1v) is 6.79. The third-order valence-corrected chi connectivity index (χ3v) is 3.57. The second-order valence-electron chi connectivity index (χ2n) is 4.73. The molecule has 1 aliphatic rings. The number of pyridine rings is 1. The Bertz CT molecular complexity index is 901. The van der Waals surface area contributed by atoms with Crippen molar-refractivity contribution in [2.75, 3.05) is 0 Å². The van der Waals surface area contributed by atoms with Gasteiger partial charge < -0.3 is 9.67 Å². The Morgan fingerprint density at radius 3 is 2.68 bits per heavy atom. The number of aryl methyl sites for hydroxylation is 1. The van der Waals surface area contributed by atoms with Gasteiger partial charge in [-0.2, -0.15) is 0 Å². The van der Waals surface area contributed by atoms with Gasteiger partial charge >= 0.3 is 0 Å². The van der Waals surface area contributed by atoms with Gasteiger partial charge in [0, 0.05) is 18.5 Å². The van der Waals surface area contributed by atoms with Crippen LogP contribution in [0.3, 0.4) is 0 Å². The number of aromatic hydroxyl groups is 1. The maximum atomic E-state index is 12.5. The maximum Gasteiger partial charge on any atom is 0.264 e. The molecule has 4 N–H and O–H groups in total. The van der Waals surface area contributed by atoms with E-state index in [-0.39, 0.29) is 22.1 Å². The lowest BCUT2D eigenvalue weighted by Crippen LogP contribution is -2.42. The summed E-state index contributed by atoms with van der Waals surface area (Å²) in [6.07, 6.45) is 1.16. The number of carbonyl (C=O) groups excluding carboxylic acids is 1. The summed E-state index contributed by atoms with van der Waals surface area (Å²) in [5.74, 6) is -0.688. The molecule has 1 amide bonds. The highest BCUT2D eigenvalue weighted by molar-refractivity contribution is 7.80. The summed E-state index contributed by atoms with van der Waals surface area (Å²) in [5.41, 5.74) is 5.53. The Hall–Kier alpha value is -2.87. The van der Waals surface area contributed by atoms with E-state index in [1.54, 1.807) is 31.3 Å². The maximum absolute atomic E-state index is 12.5. The molecule has 0 bridgehead atoms. The third kappa shape index (κ3) is 2.19. The Labute approximate surface area is 130 Å². The quantitative estimate of drug-likeness (QED) is 0.557. The van der Waals surface area contributed by atoms with Gasteiger partial charge in [0.05, 0.1) is 11.2 Å². The van der Waals surface area contributed by atoms with Gasteiger partial charge in [0.25, 0.3) is 11.5 Å². The van der Waals surface area contributed by atoms with Gasteiger partial charge in [0.1, 0.15) is 11.3 Å². The minimum Gasteiger partial charge on any atom is -0.506 e. The van der Waals surface area contributed by atoms with Crippen molar-refractivity contribution in [3.8, 4) is 5.75 Å². The molecule has 0 atom stereocenters. The molecule has 1 aromatic carbocycles. The van der Waals surface area contributed by atoms with E-state index < -0.39 is 11.5 Å². The summed E-state index contributed by atoms with van der Waals surface area (Å²) < 4.78 is 1.41. The number of aromatic nitrogens is 1. The van der Waals surface area contributed by atoms with Gasteiger partial charge in [-0.1, -0.05) is 12.1 Å².